The normalized spacial score (nSPS) is 17.6. The number of benzene rings is 2. The molecule has 32 heavy (non-hydrogen) atoms. The first-order valence-electron chi connectivity index (χ1n) is 9.65. The number of pyridine rings is 1. The number of rotatable bonds is 4. The van der Waals surface area contributed by atoms with Crippen molar-refractivity contribution in [3.8, 4) is 5.75 Å². The summed E-state index contributed by atoms with van der Waals surface area (Å²) in [6.45, 7) is 1.92. The molecule has 1 aromatic heterocycles. The van der Waals surface area contributed by atoms with Crippen molar-refractivity contribution in [2.75, 3.05) is 12.0 Å². The number of Topliss-reactive ketones (excluding diaryl/α,β-unsaturated/α-hetero) is 1. The van der Waals surface area contributed by atoms with Crippen molar-refractivity contribution >= 4 is 46.3 Å². The van der Waals surface area contributed by atoms with Crippen LogP contribution in [0.5, 0.6) is 5.75 Å². The first kappa shape index (κ1) is 21.9. The van der Waals surface area contributed by atoms with Crippen LogP contribution in [-0.2, 0) is 9.59 Å². The highest BCUT2D eigenvalue weighted by atomic mass is 35.5. The molecule has 1 saturated heterocycles. The van der Waals surface area contributed by atoms with E-state index in [1.165, 1.54) is 24.1 Å². The molecule has 0 aliphatic carbocycles. The van der Waals surface area contributed by atoms with Crippen LogP contribution in [0.1, 0.15) is 22.9 Å². The van der Waals surface area contributed by atoms with Crippen LogP contribution in [0.25, 0.3) is 5.76 Å². The van der Waals surface area contributed by atoms with Gasteiger partial charge in [0.2, 0.25) is 0 Å². The average molecular weight is 469 g/mol. The fourth-order valence-corrected chi connectivity index (χ4v) is 4.31. The highest BCUT2D eigenvalue weighted by Gasteiger charge is 2.47. The zero-order valence-electron chi connectivity index (χ0n) is 17.2. The summed E-state index contributed by atoms with van der Waals surface area (Å²) >= 11 is 12.5. The van der Waals surface area contributed by atoms with Gasteiger partial charge in [0.25, 0.3) is 11.7 Å². The molecule has 2 heterocycles. The smallest absolute Gasteiger partial charge is 0.300 e. The average Bonchev–Trinajstić information content (AvgIpc) is 3.05. The van der Waals surface area contributed by atoms with Crippen LogP contribution in [-0.4, -0.2) is 28.9 Å². The monoisotopic (exact) mass is 468 g/mol. The van der Waals surface area contributed by atoms with Crippen molar-refractivity contribution in [2.24, 2.45) is 0 Å². The van der Waals surface area contributed by atoms with E-state index in [0.717, 1.165) is 5.56 Å². The molecular weight excluding hydrogens is 451 g/mol. The molecule has 8 heteroatoms. The van der Waals surface area contributed by atoms with Crippen LogP contribution in [0.15, 0.2) is 66.4 Å². The van der Waals surface area contributed by atoms with Gasteiger partial charge in [0.1, 0.15) is 11.8 Å². The molecule has 0 bridgehead atoms. The number of hydrogen-bond acceptors (Lipinski definition) is 5. The van der Waals surface area contributed by atoms with E-state index in [1.54, 1.807) is 36.5 Å². The molecule has 4 rings (SSSR count). The van der Waals surface area contributed by atoms with Crippen LogP contribution in [0.3, 0.4) is 0 Å². The van der Waals surface area contributed by atoms with Gasteiger partial charge in [-0.05, 0) is 43.3 Å². The number of carbonyl (C=O) groups is 2. The fourth-order valence-electron chi connectivity index (χ4n) is 3.67. The van der Waals surface area contributed by atoms with Crippen LogP contribution in [0.2, 0.25) is 10.0 Å². The van der Waals surface area contributed by atoms with Gasteiger partial charge in [0, 0.05) is 17.4 Å². The molecule has 1 aliphatic heterocycles. The largest absolute Gasteiger partial charge is 0.507 e. The highest BCUT2D eigenvalue weighted by molar-refractivity contribution is 6.51. The molecule has 1 atom stereocenters. The Morgan fingerprint density at radius 1 is 1.06 bits per heavy atom. The number of amides is 1. The molecule has 1 fully saturated rings. The van der Waals surface area contributed by atoms with Gasteiger partial charge in [-0.15, -0.1) is 0 Å². The number of nitrogens with zero attached hydrogens (tertiary/aromatic N) is 2. The van der Waals surface area contributed by atoms with Crippen LogP contribution < -0.4 is 9.64 Å². The predicted octanol–water partition coefficient (Wildman–Crippen LogP) is 5.33. The number of ketones is 1. The Labute approximate surface area is 194 Å². The summed E-state index contributed by atoms with van der Waals surface area (Å²) in [5, 5.41) is 11.5. The Hall–Kier alpha value is -3.35. The first-order chi connectivity index (χ1) is 15.3. The molecule has 1 aliphatic rings. The minimum Gasteiger partial charge on any atom is -0.507 e. The molecule has 1 amide bonds. The number of anilines is 1. The molecule has 0 saturated carbocycles. The molecule has 2 aromatic carbocycles. The maximum atomic E-state index is 13.1. The van der Waals surface area contributed by atoms with Crippen molar-refractivity contribution in [1.82, 2.24) is 4.98 Å². The Morgan fingerprint density at radius 2 is 1.72 bits per heavy atom. The SMILES string of the molecule is COc1c(Cl)cc(/C(O)=C2\C(=O)C(=O)N(c3ccc(C)cc3)C2c2ccccn2)cc1Cl. The lowest BCUT2D eigenvalue weighted by atomic mass is 9.98. The van der Waals surface area contributed by atoms with E-state index in [2.05, 4.69) is 4.98 Å². The summed E-state index contributed by atoms with van der Waals surface area (Å²) in [4.78, 5) is 31.9. The summed E-state index contributed by atoms with van der Waals surface area (Å²) in [5.74, 6) is -1.76. The van der Waals surface area contributed by atoms with Gasteiger partial charge in [-0.3, -0.25) is 19.5 Å². The summed E-state index contributed by atoms with van der Waals surface area (Å²) < 4.78 is 5.15. The Kier molecular flexibility index (Phi) is 5.91. The Balaban J connectivity index is 1.94. The fraction of sp³-hybridized carbons (Fsp3) is 0.125. The molecule has 0 radical (unpaired) electrons. The zero-order valence-corrected chi connectivity index (χ0v) is 18.7. The number of aryl methyl sites for hydroxylation is 1. The number of aliphatic hydroxyl groups excluding tert-OH is 1. The van der Waals surface area contributed by atoms with Crippen molar-refractivity contribution in [3.63, 3.8) is 0 Å². The van der Waals surface area contributed by atoms with Crippen molar-refractivity contribution in [1.29, 1.82) is 0 Å². The third kappa shape index (κ3) is 3.72. The van der Waals surface area contributed by atoms with Crippen LogP contribution in [0.4, 0.5) is 5.69 Å². The molecule has 162 valence electrons. The van der Waals surface area contributed by atoms with Crippen LogP contribution in [0, 0.1) is 6.92 Å². The second-order valence-electron chi connectivity index (χ2n) is 7.23. The van der Waals surface area contributed by atoms with Gasteiger partial charge >= 0.3 is 0 Å². The molecule has 1 unspecified atom stereocenters. The van der Waals surface area contributed by atoms with Crippen molar-refractivity contribution < 1.29 is 19.4 Å². The number of halogens is 2. The van der Waals surface area contributed by atoms with E-state index in [9.17, 15) is 14.7 Å². The first-order valence-corrected chi connectivity index (χ1v) is 10.4. The molecule has 0 spiro atoms. The van der Waals surface area contributed by atoms with Gasteiger partial charge in [-0.2, -0.15) is 0 Å². The Bertz CT molecular complexity index is 1220. The van der Waals surface area contributed by atoms with E-state index in [4.69, 9.17) is 27.9 Å². The van der Waals surface area contributed by atoms with Gasteiger partial charge < -0.3 is 9.84 Å². The van der Waals surface area contributed by atoms with Crippen molar-refractivity contribution in [3.05, 3.63) is 93.2 Å². The number of carbonyl (C=O) groups excluding carboxylic acids is 2. The van der Waals surface area contributed by atoms with E-state index in [1.807, 2.05) is 19.1 Å². The minimum absolute atomic E-state index is 0.105. The lowest BCUT2D eigenvalue weighted by molar-refractivity contribution is -0.132. The maximum Gasteiger partial charge on any atom is 0.300 e. The number of aromatic nitrogens is 1. The minimum atomic E-state index is -0.932. The van der Waals surface area contributed by atoms with Crippen LogP contribution >= 0.6 is 23.2 Å². The number of hydrogen-bond donors (Lipinski definition) is 1. The third-order valence-electron chi connectivity index (χ3n) is 5.20. The quantitative estimate of drug-likeness (QED) is 0.317. The molecular formula is C24H18Cl2N2O4. The van der Waals surface area contributed by atoms with Gasteiger partial charge in [0.15, 0.2) is 5.75 Å². The second-order valence-corrected chi connectivity index (χ2v) is 8.05. The van der Waals surface area contributed by atoms with E-state index in [-0.39, 0.29) is 26.9 Å². The molecule has 6 nitrogen and oxygen atoms in total. The Morgan fingerprint density at radius 3 is 2.28 bits per heavy atom. The molecule has 1 N–H and O–H groups in total. The predicted molar refractivity (Wildman–Crippen MR) is 123 cm³/mol. The third-order valence-corrected chi connectivity index (χ3v) is 5.76. The summed E-state index contributed by atoms with van der Waals surface area (Å²) in [6, 6.07) is 14.3. The van der Waals surface area contributed by atoms with E-state index < -0.39 is 23.5 Å². The van der Waals surface area contributed by atoms with Gasteiger partial charge in [-0.1, -0.05) is 47.0 Å². The summed E-state index contributed by atoms with van der Waals surface area (Å²) in [5.41, 5.74) is 2.02. The second kappa shape index (κ2) is 8.65. The lowest BCUT2D eigenvalue weighted by Crippen LogP contribution is -2.29. The standard InChI is InChI=1S/C24H18Cl2N2O4/c1-13-6-8-15(9-7-13)28-20(18-5-3-4-10-27-18)19(22(30)24(28)31)21(29)14-11-16(25)23(32-2)17(26)12-14/h3-12,20,29H,1-2H3/b21-19+. The molecule has 3 aromatic rings. The highest BCUT2D eigenvalue weighted by Crippen LogP contribution is 2.43. The van der Waals surface area contributed by atoms with Crippen molar-refractivity contribution in [2.45, 2.75) is 13.0 Å². The summed E-state index contributed by atoms with van der Waals surface area (Å²) in [7, 11) is 1.42. The zero-order chi connectivity index (χ0) is 23.0. The lowest BCUT2D eigenvalue weighted by Gasteiger charge is -2.24. The van der Waals surface area contributed by atoms with E-state index in [0.29, 0.717) is 11.4 Å². The van der Waals surface area contributed by atoms with Gasteiger partial charge in [-0.25, -0.2) is 0 Å². The summed E-state index contributed by atoms with van der Waals surface area (Å²) in [6.07, 6.45) is 1.56. The topological polar surface area (TPSA) is 79.7 Å². The number of aliphatic hydroxyl groups is 1. The number of ether oxygens (including phenoxy) is 1. The number of methoxy groups -OCH3 is 1. The van der Waals surface area contributed by atoms with E-state index >= 15 is 0 Å². The maximum absolute atomic E-state index is 13.1. The van der Waals surface area contributed by atoms with Gasteiger partial charge in [0.05, 0.1) is 28.4 Å².